The van der Waals surface area contributed by atoms with Gasteiger partial charge in [-0.15, -0.1) is 0 Å². The highest BCUT2D eigenvalue weighted by Gasteiger charge is 2.50. The molecule has 158 valence electrons. The highest BCUT2D eigenvalue weighted by atomic mass is 16.5. The number of fused-ring (bicyclic) bond motifs is 1. The number of amides is 4. The Morgan fingerprint density at radius 2 is 1.90 bits per heavy atom. The van der Waals surface area contributed by atoms with Gasteiger partial charge in [0.2, 0.25) is 0 Å². The quantitative estimate of drug-likeness (QED) is 0.496. The molecule has 0 aromatic heterocycles. The maximum absolute atomic E-state index is 13.0. The Labute approximate surface area is 179 Å². The molecule has 3 N–H and O–H groups in total. The number of rotatable bonds is 5. The van der Waals surface area contributed by atoms with Crippen molar-refractivity contribution in [3.8, 4) is 17.6 Å². The van der Waals surface area contributed by atoms with Crippen LogP contribution in [0.2, 0.25) is 0 Å². The summed E-state index contributed by atoms with van der Waals surface area (Å²) in [6.07, 6.45) is 0. The molecule has 2 aliphatic rings. The Hall–Kier alpha value is -3.83. The molecule has 1 saturated heterocycles. The zero-order chi connectivity index (χ0) is 22.0. The van der Waals surface area contributed by atoms with E-state index < -0.39 is 17.5 Å². The summed E-state index contributed by atoms with van der Waals surface area (Å²) in [5.74, 6) is 5.02. The Morgan fingerprint density at radius 3 is 2.58 bits per heavy atom. The number of aryl methyl sites for hydroxylation is 1. The molecule has 8 heteroatoms. The van der Waals surface area contributed by atoms with Gasteiger partial charge in [0.25, 0.3) is 11.8 Å². The van der Waals surface area contributed by atoms with Gasteiger partial charge in [0, 0.05) is 12.1 Å². The predicted molar refractivity (Wildman–Crippen MR) is 111 cm³/mol. The van der Waals surface area contributed by atoms with Gasteiger partial charge in [0.15, 0.2) is 5.54 Å². The van der Waals surface area contributed by atoms with Crippen molar-refractivity contribution in [1.82, 2.24) is 15.5 Å². The van der Waals surface area contributed by atoms with E-state index in [-0.39, 0.29) is 32.2 Å². The molecule has 31 heavy (non-hydrogen) atoms. The van der Waals surface area contributed by atoms with Crippen molar-refractivity contribution in [3.63, 3.8) is 0 Å². The molecule has 2 aromatic rings. The summed E-state index contributed by atoms with van der Waals surface area (Å²) in [5.41, 5.74) is 1.56. The number of ether oxygens (including phenoxy) is 1. The average Bonchev–Trinajstić information content (AvgIpc) is 3.21. The van der Waals surface area contributed by atoms with E-state index in [9.17, 15) is 14.4 Å². The molecule has 0 unspecified atom stereocenters. The van der Waals surface area contributed by atoms with Crippen molar-refractivity contribution < 1.29 is 24.2 Å². The fourth-order valence-corrected chi connectivity index (χ4v) is 3.82. The Balaban J connectivity index is 1.58. The van der Waals surface area contributed by atoms with E-state index in [1.54, 1.807) is 35.2 Å². The van der Waals surface area contributed by atoms with E-state index in [0.29, 0.717) is 16.9 Å². The average molecular weight is 419 g/mol. The van der Waals surface area contributed by atoms with Crippen LogP contribution in [0, 0.1) is 18.8 Å². The van der Waals surface area contributed by atoms with Gasteiger partial charge in [-0.05, 0) is 36.2 Å². The molecule has 0 saturated carbocycles. The second kappa shape index (κ2) is 8.13. The Bertz CT molecular complexity index is 1120. The lowest BCUT2D eigenvalue weighted by molar-refractivity contribution is -0.124. The Kier molecular flexibility index (Phi) is 5.36. The third kappa shape index (κ3) is 3.83. The lowest BCUT2D eigenvalue weighted by Gasteiger charge is -2.31. The van der Waals surface area contributed by atoms with Gasteiger partial charge < -0.3 is 20.1 Å². The topological polar surface area (TPSA) is 108 Å². The number of nitrogens with zero attached hydrogens (tertiary/aromatic N) is 1. The summed E-state index contributed by atoms with van der Waals surface area (Å²) in [4.78, 5) is 39.3. The van der Waals surface area contributed by atoms with E-state index in [1.807, 2.05) is 19.1 Å². The van der Waals surface area contributed by atoms with Crippen LogP contribution >= 0.6 is 0 Å². The van der Waals surface area contributed by atoms with Gasteiger partial charge in [-0.3, -0.25) is 14.9 Å². The minimum Gasteiger partial charge on any atom is -0.481 e. The third-order valence-electron chi connectivity index (χ3n) is 5.38. The third-order valence-corrected chi connectivity index (χ3v) is 5.38. The molecule has 0 spiro atoms. The van der Waals surface area contributed by atoms with Crippen LogP contribution in [0.25, 0.3) is 0 Å². The van der Waals surface area contributed by atoms with E-state index in [0.717, 1.165) is 11.1 Å². The Morgan fingerprint density at radius 1 is 1.13 bits per heavy atom. The molecular weight excluding hydrogens is 398 g/mol. The van der Waals surface area contributed by atoms with Crippen molar-refractivity contribution >= 4 is 17.8 Å². The number of imide groups is 1. The van der Waals surface area contributed by atoms with Crippen LogP contribution in [0.5, 0.6) is 5.75 Å². The van der Waals surface area contributed by atoms with Crippen molar-refractivity contribution in [3.05, 3.63) is 64.7 Å². The molecule has 1 fully saturated rings. The fourth-order valence-electron chi connectivity index (χ4n) is 3.82. The minimum absolute atomic E-state index is 0.000681. The molecule has 2 heterocycles. The predicted octanol–water partition coefficient (Wildman–Crippen LogP) is 1.06. The van der Waals surface area contributed by atoms with Gasteiger partial charge >= 0.3 is 6.03 Å². The summed E-state index contributed by atoms with van der Waals surface area (Å²) in [6.45, 7) is 2.10. The van der Waals surface area contributed by atoms with Gasteiger partial charge in [-0.2, -0.15) is 0 Å². The first-order valence-electron chi connectivity index (χ1n) is 9.75. The lowest BCUT2D eigenvalue weighted by atomic mass is 9.88. The number of carbonyl (C=O) groups is 3. The van der Waals surface area contributed by atoms with Crippen LogP contribution in [0.4, 0.5) is 4.79 Å². The second-order valence-corrected chi connectivity index (χ2v) is 7.46. The van der Waals surface area contributed by atoms with Crippen molar-refractivity contribution in [2.75, 3.05) is 19.8 Å². The molecular formula is C23H21N3O5. The largest absolute Gasteiger partial charge is 0.481 e. The number of aliphatic hydroxyl groups excluding tert-OH is 1. The van der Waals surface area contributed by atoms with E-state index in [1.165, 1.54) is 0 Å². The maximum Gasteiger partial charge on any atom is 0.322 e. The van der Waals surface area contributed by atoms with Gasteiger partial charge in [0.1, 0.15) is 19.0 Å². The van der Waals surface area contributed by atoms with Crippen molar-refractivity contribution in [2.24, 2.45) is 0 Å². The summed E-state index contributed by atoms with van der Waals surface area (Å²) < 4.78 is 5.53. The van der Waals surface area contributed by atoms with Crippen LogP contribution in [-0.4, -0.2) is 47.6 Å². The standard InChI is InChI=1S/C23H21N3O5/c1-15-4-6-17(7-5-15)23(21(29)24-22(30)25-23)14-26-13-16-12-18(31-11-3-2-10-27)8-9-19(16)20(26)28/h4-9,12,27H,10-11,13-14H2,1H3,(H2,24,25,29,30)/t23-/m0/s1. The first kappa shape index (κ1) is 20.4. The summed E-state index contributed by atoms with van der Waals surface area (Å²) in [7, 11) is 0. The number of hydrogen-bond acceptors (Lipinski definition) is 5. The van der Waals surface area contributed by atoms with Gasteiger partial charge in [-0.1, -0.05) is 41.7 Å². The minimum atomic E-state index is -1.36. The highest BCUT2D eigenvalue weighted by Crippen LogP contribution is 2.32. The van der Waals surface area contributed by atoms with E-state index in [2.05, 4.69) is 22.5 Å². The van der Waals surface area contributed by atoms with Gasteiger partial charge in [-0.25, -0.2) is 4.79 Å². The molecule has 2 aliphatic heterocycles. The monoisotopic (exact) mass is 419 g/mol. The van der Waals surface area contributed by atoms with Crippen LogP contribution in [0.3, 0.4) is 0 Å². The SMILES string of the molecule is Cc1ccc([C@]2(CN3Cc4cc(OCC#CCO)ccc4C3=O)NC(=O)NC2=O)cc1. The number of aliphatic hydroxyl groups is 1. The number of nitrogens with one attached hydrogen (secondary N) is 2. The van der Waals surface area contributed by atoms with Gasteiger partial charge in [0.05, 0.1) is 6.54 Å². The smallest absolute Gasteiger partial charge is 0.322 e. The van der Waals surface area contributed by atoms with Crippen LogP contribution in [-0.2, 0) is 16.9 Å². The van der Waals surface area contributed by atoms with Crippen LogP contribution in [0.1, 0.15) is 27.0 Å². The van der Waals surface area contributed by atoms with E-state index >= 15 is 0 Å². The highest BCUT2D eigenvalue weighted by molar-refractivity contribution is 6.08. The zero-order valence-corrected chi connectivity index (χ0v) is 16.9. The second-order valence-electron chi connectivity index (χ2n) is 7.46. The fraction of sp³-hybridized carbons (Fsp3) is 0.261. The number of urea groups is 1. The number of hydrogen-bond donors (Lipinski definition) is 3. The summed E-state index contributed by atoms with van der Waals surface area (Å²) in [6, 6.07) is 11.8. The first-order chi connectivity index (χ1) is 14.9. The molecule has 4 rings (SSSR count). The molecule has 0 radical (unpaired) electrons. The summed E-state index contributed by atoms with van der Waals surface area (Å²) in [5, 5.41) is 13.7. The molecule has 2 aromatic carbocycles. The molecule has 8 nitrogen and oxygen atoms in total. The number of benzene rings is 2. The van der Waals surface area contributed by atoms with Crippen LogP contribution < -0.4 is 15.4 Å². The molecule has 0 aliphatic carbocycles. The maximum atomic E-state index is 13.0. The number of carbonyl (C=O) groups excluding carboxylic acids is 3. The first-order valence-corrected chi connectivity index (χ1v) is 9.75. The van der Waals surface area contributed by atoms with E-state index in [4.69, 9.17) is 9.84 Å². The lowest BCUT2D eigenvalue weighted by Crippen LogP contribution is -2.52. The normalized spacial score (nSPS) is 19.4. The zero-order valence-electron chi connectivity index (χ0n) is 16.9. The van der Waals surface area contributed by atoms with Crippen molar-refractivity contribution in [2.45, 2.75) is 19.0 Å². The summed E-state index contributed by atoms with van der Waals surface area (Å²) >= 11 is 0. The molecule has 4 amide bonds. The van der Waals surface area contributed by atoms with Crippen LogP contribution in [0.15, 0.2) is 42.5 Å². The molecule has 1 atom stereocenters. The van der Waals surface area contributed by atoms with Crippen molar-refractivity contribution in [1.29, 1.82) is 0 Å². The molecule has 0 bridgehead atoms.